The van der Waals surface area contributed by atoms with Gasteiger partial charge in [-0.1, -0.05) is 31.2 Å². The highest BCUT2D eigenvalue weighted by Crippen LogP contribution is 2.33. The first kappa shape index (κ1) is 26.2. The minimum atomic E-state index is -0.273. The SMILES string of the molecule is COc1ccc(CN(CC2CCCO2)C(=O)Cn2nc(C)c3ccccc3c2=O)cc1OCC1(C)COC1. The lowest BCUT2D eigenvalue weighted by molar-refractivity contribution is -0.134. The highest BCUT2D eigenvalue weighted by Gasteiger charge is 2.34. The average molecular weight is 522 g/mol. The highest BCUT2D eigenvalue weighted by molar-refractivity contribution is 5.83. The molecule has 5 rings (SSSR count). The first-order valence-electron chi connectivity index (χ1n) is 13.1. The zero-order chi connectivity index (χ0) is 26.7. The molecule has 1 amide bonds. The van der Waals surface area contributed by atoms with Gasteiger partial charge in [-0.05, 0) is 43.5 Å². The van der Waals surface area contributed by atoms with E-state index in [0.717, 1.165) is 23.8 Å². The van der Waals surface area contributed by atoms with Crippen LogP contribution in [0.1, 0.15) is 31.0 Å². The number of benzene rings is 2. The van der Waals surface area contributed by atoms with Gasteiger partial charge in [0.05, 0.1) is 44.1 Å². The first-order valence-corrected chi connectivity index (χ1v) is 13.1. The molecule has 9 heteroatoms. The Morgan fingerprint density at radius 1 is 1.18 bits per heavy atom. The van der Waals surface area contributed by atoms with Crippen molar-refractivity contribution in [2.24, 2.45) is 5.41 Å². The van der Waals surface area contributed by atoms with Crippen LogP contribution in [0.15, 0.2) is 47.3 Å². The molecule has 0 bridgehead atoms. The number of hydrogen-bond acceptors (Lipinski definition) is 7. The Kier molecular flexibility index (Phi) is 7.67. The maximum atomic E-state index is 13.6. The summed E-state index contributed by atoms with van der Waals surface area (Å²) in [7, 11) is 1.61. The van der Waals surface area contributed by atoms with Crippen molar-refractivity contribution in [1.82, 2.24) is 14.7 Å². The van der Waals surface area contributed by atoms with E-state index in [2.05, 4.69) is 12.0 Å². The molecular weight excluding hydrogens is 486 g/mol. The molecule has 1 aromatic heterocycles. The van der Waals surface area contributed by atoms with E-state index in [1.807, 2.05) is 43.3 Å². The molecule has 2 fully saturated rings. The fourth-order valence-corrected chi connectivity index (χ4v) is 4.97. The van der Waals surface area contributed by atoms with Crippen LogP contribution < -0.4 is 15.0 Å². The normalized spacial score (nSPS) is 18.2. The van der Waals surface area contributed by atoms with Crippen molar-refractivity contribution in [1.29, 1.82) is 0 Å². The molecule has 1 unspecified atom stereocenters. The number of carbonyl (C=O) groups is 1. The zero-order valence-corrected chi connectivity index (χ0v) is 22.3. The number of aryl methyl sites for hydroxylation is 1. The van der Waals surface area contributed by atoms with Gasteiger partial charge >= 0.3 is 0 Å². The minimum absolute atomic E-state index is 0.0128. The molecule has 38 heavy (non-hydrogen) atoms. The van der Waals surface area contributed by atoms with Crippen LogP contribution in [0.2, 0.25) is 0 Å². The minimum Gasteiger partial charge on any atom is -0.493 e. The lowest BCUT2D eigenvalue weighted by Gasteiger charge is -2.37. The largest absolute Gasteiger partial charge is 0.493 e. The number of amides is 1. The van der Waals surface area contributed by atoms with E-state index in [1.165, 1.54) is 4.68 Å². The molecule has 0 spiro atoms. The van der Waals surface area contributed by atoms with E-state index in [-0.39, 0.29) is 29.5 Å². The van der Waals surface area contributed by atoms with Crippen molar-refractivity contribution in [3.05, 3.63) is 64.1 Å². The second-order valence-electron chi connectivity index (χ2n) is 10.6. The van der Waals surface area contributed by atoms with Crippen LogP contribution in [-0.4, -0.2) is 66.8 Å². The quantitative estimate of drug-likeness (QED) is 0.404. The number of fused-ring (bicyclic) bond motifs is 1. The van der Waals surface area contributed by atoms with Gasteiger partial charge in [0.15, 0.2) is 11.5 Å². The molecule has 9 nitrogen and oxygen atoms in total. The summed E-state index contributed by atoms with van der Waals surface area (Å²) in [5.74, 6) is 1.07. The molecule has 2 saturated heterocycles. The van der Waals surface area contributed by atoms with E-state index >= 15 is 0 Å². The van der Waals surface area contributed by atoms with Gasteiger partial charge in [-0.15, -0.1) is 0 Å². The van der Waals surface area contributed by atoms with Crippen LogP contribution in [0.25, 0.3) is 10.8 Å². The summed E-state index contributed by atoms with van der Waals surface area (Å²) in [5, 5.41) is 5.79. The van der Waals surface area contributed by atoms with Gasteiger partial charge in [0.25, 0.3) is 5.56 Å². The number of hydrogen-bond donors (Lipinski definition) is 0. The van der Waals surface area contributed by atoms with Gasteiger partial charge in [-0.25, -0.2) is 4.68 Å². The fourth-order valence-electron chi connectivity index (χ4n) is 4.97. The smallest absolute Gasteiger partial charge is 0.275 e. The monoisotopic (exact) mass is 521 g/mol. The summed E-state index contributed by atoms with van der Waals surface area (Å²) in [4.78, 5) is 28.5. The Labute approximate surface area is 222 Å². The Balaban J connectivity index is 1.37. The van der Waals surface area contributed by atoms with Crippen molar-refractivity contribution in [2.45, 2.75) is 45.9 Å². The molecule has 2 aliphatic heterocycles. The predicted octanol–water partition coefficient (Wildman–Crippen LogP) is 3.34. The maximum absolute atomic E-state index is 13.6. The standard InChI is InChI=1S/C29H35N3O6/c1-20-23-8-4-5-9-24(23)28(34)32(30-20)16-27(33)31(15-22-7-6-12-37-22)14-21-10-11-25(35-3)26(13-21)38-19-29(2)17-36-18-29/h4-5,8-11,13,22H,6-7,12,14-19H2,1-3H3. The third-order valence-electron chi connectivity index (χ3n) is 7.22. The van der Waals surface area contributed by atoms with E-state index in [1.54, 1.807) is 18.1 Å². The summed E-state index contributed by atoms with van der Waals surface area (Å²) in [6.07, 6.45) is 1.84. The Morgan fingerprint density at radius 2 is 1.97 bits per heavy atom. The number of methoxy groups -OCH3 is 1. The molecule has 0 N–H and O–H groups in total. The van der Waals surface area contributed by atoms with Crippen LogP contribution in [0.4, 0.5) is 0 Å². The van der Waals surface area contributed by atoms with Crippen LogP contribution in [-0.2, 0) is 27.4 Å². The molecule has 1 atom stereocenters. The van der Waals surface area contributed by atoms with E-state index < -0.39 is 0 Å². The highest BCUT2D eigenvalue weighted by atomic mass is 16.5. The van der Waals surface area contributed by atoms with Gasteiger partial charge in [-0.2, -0.15) is 5.10 Å². The first-order chi connectivity index (χ1) is 18.3. The second kappa shape index (κ2) is 11.1. The number of carbonyl (C=O) groups excluding carboxylic acids is 1. The number of ether oxygens (including phenoxy) is 4. The number of rotatable bonds is 10. The lowest BCUT2D eigenvalue weighted by atomic mass is 9.90. The maximum Gasteiger partial charge on any atom is 0.275 e. The number of nitrogens with zero attached hydrogens (tertiary/aromatic N) is 3. The van der Waals surface area contributed by atoms with Crippen molar-refractivity contribution in [2.75, 3.05) is 40.1 Å². The van der Waals surface area contributed by atoms with E-state index in [0.29, 0.717) is 62.1 Å². The molecule has 3 heterocycles. The Morgan fingerprint density at radius 3 is 2.66 bits per heavy atom. The zero-order valence-electron chi connectivity index (χ0n) is 22.3. The average Bonchev–Trinajstić information content (AvgIpc) is 3.42. The Bertz CT molecular complexity index is 1360. The third kappa shape index (κ3) is 5.68. The van der Waals surface area contributed by atoms with Crippen molar-refractivity contribution in [3.8, 4) is 11.5 Å². The summed E-state index contributed by atoms with van der Waals surface area (Å²) in [6.45, 7) is 7.16. The van der Waals surface area contributed by atoms with Crippen molar-refractivity contribution >= 4 is 16.7 Å². The van der Waals surface area contributed by atoms with Crippen molar-refractivity contribution < 1.29 is 23.7 Å². The fraction of sp³-hybridized carbons (Fsp3) is 0.483. The molecule has 3 aromatic rings. The molecule has 202 valence electrons. The van der Waals surface area contributed by atoms with Gasteiger partial charge in [0.1, 0.15) is 6.54 Å². The van der Waals surface area contributed by atoms with Gasteiger partial charge < -0.3 is 23.8 Å². The van der Waals surface area contributed by atoms with Crippen LogP contribution in [0.5, 0.6) is 11.5 Å². The van der Waals surface area contributed by atoms with Crippen molar-refractivity contribution in [3.63, 3.8) is 0 Å². The van der Waals surface area contributed by atoms with Gasteiger partial charge in [0.2, 0.25) is 5.91 Å². The summed E-state index contributed by atoms with van der Waals surface area (Å²) in [5.41, 5.74) is 1.32. The topological polar surface area (TPSA) is 92.1 Å². The lowest BCUT2D eigenvalue weighted by Crippen LogP contribution is -2.44. The van der Waals surface area contributed by atoms with Crippen LogP contribution >= 0.6 is 0 Å². The third-order valence-corrected chi connectivity index (χ3v) is 7.22. The van der Waals surface area contributed by atoms with Gasteiger partial charge in [-0.3, -0.25) is 9.59 Å². The summed E-state index contributed by atoms with van der Waals surface area (Å²) >= 11 is 0. The molecule has 2 aromatic carbocycles. The Hall–Kier alpha value is -3.43. The van der Waals surface area contributed by atoms with E-state index in [4.69, 9.17) is 18.9 Å². The van der Waals surface area contributed by atoms with E-state index in [9.17, 15) is 9.59 Å². The molecule has 0 aliphatic carbocycles. The van der Waals surface area contributed by atoms with Crippen LogP contribution in [0.3, 0.4) is 0 Å². The molecular formula is C29H35N3O6. The second-order valence-corrected chi connectivity index (χ2v) is 10.6. The van der Waals surface area contributed by atoms with Gasteiger partial charge in [0, 0.05) is 30.5 Å². The summed E-state index contributed by atoms with van der Waals surface area (Å²) in [6, 6.07) is 13.0. The molecule has 0 saturated carbocycles. The predicted molar refractivity (Wildman–Crippen MR) is 143 cm³/mol. The summed E-state index contributed by atoms with van der Waals surface area (Å²) < 4.78 is 24.1. The molecule has 2 aliphatic rings. The molecule has 0 radical (unpaired) electrons. The van der Waals surface area contributed by atoms with Crippen LogP contribution in [0, 0.1) is 12.3 Å². The number of aromatic nitrogens is 2.